The molecule has 0 aliphatic heterocycles. The number of urea groups is 1. The fourth-order valence-corrected chi connectivity index (χ4v) is 2.16. The maximum atomic E-state index is 11.9. The number of pyridine rings is 1. The standard InChI is InChI=1S/C17H21N3O/c1-13-7-3-4-8-15(13)10-12-19-17(21)20-14(2)16-9-5-6-11-18-16/h3-9,11,14H,10,12H2,1-2H3,(H2,19,20,21)/t14-/m0/s1. The van der Waals surface area contributed by atoms with Gasteiger partial charge in [-0.3, -0.25) is 4.98 Å². The fraction of sp³-hybridized carbons (Fsp3) is 0.294. The summed E-state index contributed by atoms with van der Waals surface area (Å²) in [4.78, 5) is 16.1. The molecule has 0 bridgehead atoms. The van der Waals surface area contributed by atoms with Crippen LogP contribution in [0.4, 0.5) is 4.79 Å². The van der Waals surface area contributed by atoms with Gasteiger partial charge in [-0.15, -0.1) is 0 Å². The van der Waals surface area contributed by atoms with Crippen LogP contribution in [0.3, 0.4) is 0 Å². The Balaban J connectivity index is 1.76. The number of carbonyl (C=O) groups is 1. The van der Waals surface area contributed by atoms with Crippen LogP contribution in [0.25, 0.3) is 0 Å². The minimum Gasteiger partial charge on any atom is -0.338 e. The Morgan fingerprint density at radius 3 is 2.67 bits per heavy atom. The average Bonchev–Trinajstić information content (AvgIpc) is 2.50. The zero-order valence-corrected chi connectivity index (χ0v) is 12.5. The van der Waals surface area contributed by atoms with Gasteiger partial charge in [0.2, 0.25) is 0 Å². The van der Waals surface area contributed by atoms with Crippen molar-refractivity contribution in [2.45, 2.75) is 26.3 Å². The van der Waals surface area contributed by atoms with Crippen LogP contribution in [-0.4, -0.2) is 17.6 Å². The molecule has 2 N–H and O–H groups in total. The van der Waals surface area contributed by atoms with E-state index in [4.69, 9.17) is 0 Å². The SMILES string of the molecule is Cc1ccccc1CCNC(=O)N[C@@H](C)c1ccccn1. The lowest BCUT2D eigenvalue weighted by Crippen LogP contribution is -2.38. The van der Waals surface area contributed by atoms with Crippen molar-refractivity contribution in [1.82, 2.24) is 15.6 Å². The number of benzene rings is 1. The Labute approximate surface area is 125 Å². The van der Waals surface area contributed by atoms with Crippen LogP contribution in [0.5, 0.6) is 0 Å². The van der Waals surface area contributed by atoms with Crippen molar-refractivity contribution < 1.29 is 4.79 Å². The molecule has 0 radical (unpaired) electrons. The van der Waals surface area contributed by atoms with Gasteiger partial charge < -0.3 is 10.6 Å². The van der Waals surface area contributed by atoms with Crippen LogP contribution in [0.1, 0.15) is 29.8 Å². The van der Waals surface area contributed by atoms with E-state index in [2.05, 4.69) is 34.7 Å². The van der Waals surface area contributed by atoms with Crippen LogP contribution >= 0.6 is 0 Å². The highest BCUT2D eigenvalue weighted by Gasteiger charge is 2.09. The summed E-state index contributed by atoms with van der Waals surface area (Å²) in [6, 6.07) is 13.6. The topological polar surface area (TPSA) is 54.0 Å². The molecule has 110 valence electrons. The van der Waals surface area contributed by atoms with Gasteiger partial charge in [0.05, 0.1) is 11.7 Å². The number of carbonyl (C=O) groups excluding carboxylic acids is 1. The highest BCUT2D eigenvalue weighted by Crippen LogP contribution is 2.08. The summed E-state index contributed by atoms with van der Waals surface area (Å²) < 4.78 is 0. The lowest BCUT2D eigenvalue weighted by atomic mass is 10.1. The molecular formula is C17H21N3O. The minimum absolute atomic E-state index is 0.107. The number of aromatic nitrogens is 1. The van der Waals surface area contributed by atoms with Gasteiger partial charge in [0.1, 0.15) is 0 Å². The molecule has 21 heavy (non-hydrogen) atoms. The Kier molecular flexibility index (Phi) is 5.32. The maximum absolute atomic E-state index is 11.9. The number of hydrogen-bond donors (Lipinski definition) is 2. The Morgan fingerprint density at radius 2 is 1.95 bits per heavy atom. The predicted molar refractivity (Wildman–Crippen MR) is 84.1 cm³/mol. The highest BCUT2D eigenvalue weighted by molar-refractivity contribution is 5.74. The first-order valence-electron chi connectivity index (χ1n) is 7.16. The van der Waals surface area contributed by atoms with Crippen molar-refractivity contribution >= 4 is 6.03 Å². The third kappa shape index (κ3) is 4.60. The van der Waals surface area contributed by atoms with Crippen molar-refractivity contribution in [2.75, 3.05) is 6.54 Å². The van der Waals surface area contributed by atoms with Gasteiger partial charge in [0, 0.05) is 12.7 Å². The average molecular weight is 283 g/mol. The molecule has 4 heteroatoms. The summed E-state index contributed by atoms with van der Waals surface area (Å²) in [5.74, 6) is 0. The van der Waals surface area contributed by atoms with Crippen molar-refractivity contribution in [1.29, 1.82) is 0 Å². The molecule has 1 heterocycles. The summed E-state index contributed by atoms with van der Waals surface area (Å²) >= 11 is 0. The van der Waals surface area contributed by atoms with E-state index in [1.807, 2.05) is 37.3 Å². The van der Waals surface area contributed by atoms with E-state index < -0.39 is 0 Å². The molecule has 0 spiro atoms. The van der Waals surface area contributed by atoms with E-state index in [0.29, 0.717) is 6.54 Å². The van der Waals surface area contributed by atoms with E-state index in [1.165, 1.54) is 11.1 Å². The number of aryl methyl sites for hydroxylation is 1. The van der Waals surface area contributed by atoms with Crippen molar-refractivity contribution in [2.24, 2.45) is 0 Å². The van der Waals surface area contributed by atoms with Gasteiger partial charge in [-0.1, -0.05) is 30.3 Å². The number of rotatable bonds is 5. The summed E-state index contributed by atoms with van der Waals surface area (Å²) in [5, 5.41) is 5.77. The third-order valence-electron chi connectivity index (χ3n) is 3.42. The molecule has 4 nitrogen and oxygen atoms in total. The quantitative estimate of drug-likeness (QED) is 0.886. The van der Waals surface area contributed by atoms with Crippen LogP contribution in [0, 0.1) is 6.92 Å². The number of nitrogens with zero attached hydrogens (tertiary/aromatic N) is 1. The zero-order valence-electron chi connectivity index (χ0n) is 12.5. The largest absolute Gasteiger partial charge is 0.338 e. The molecule has 0 aliphatic carbocycles. The van der Waals surface area contributed by atoms with Gasteiger partial charge in [0.15, 0.2) is 0 Å². The van der Waals surface area contributed by atoms with E-state index in [9.17, 15) is 4.79 Å². The molecule has 2 rings (SSSR count). The molecule has 1 aromatic heterocycles. The molecular weight excluding hydrogens is 262 g/mol. The molecule has 0 aliphatic rings. The summed E-state index contributed by atoms with van der Waals surface area (Å²) in [6.07, 6.45) is 2.56. The first-order chi connectivity index (χ1) is 10.2. The third-order valence-corrected chi connectivity index (χ3v) is 3.42. The monoisotopic (exact) mass is 283 g/mol. The van der Waals surface area contributed by atoms with Gasteiger partial charge in [-0.25, -0.2) is 4.79 Å². The van der Waals surface area contributed by atoms with Gasteiger partial charge in [0.25, 0.3) is 0 Å². The van der Waals surface area contributed by atoms with Crippen LogP contribution < -0.4 is 10.6 Å². The summed E-state index contributed by atoms with van der Waals surface area (Å²) in [5.41, 5.74) is 3.36. The summed E-state index contributed by atoms with van der Waals surface area (Å²) in [7, 11) is 0. The fourth-order valence-electron chi connectivity index (χ4n) is 2.16. The van der Waals surface area contributed by atoms with E-state index in [-0.39, 0.29) is 12.1 Å². The molecule has 2 aromatic rings. The van der Waals surface area contributed by atoms with E-state index >= 15 is 0 Å². The van der Waals surface area contributed by atoms with E-state index in [0.717, 1.165) is 12.1 Å². The first-order valence-corrected chi connectivity index (χ1v) is 7.16. The Bertz CT molecular complexity index is 584. The molecule has 0 unspecified atom stereocenters. The van der Waals surface area contributed by atoms with Crippen LogP contribution in [0.2, 0.25) is 0 Å². The molecule has 1 aromatic carbocycles. The van der Waals surface area contributed by atoms with Crippen LogP contribution in [0.15, 0.2) is 48.7 Å². The van der Waals surface area contributed by atoms with Crippen LogP contribution in [-0.2, 0) is 6.42 Å². The second kappa shape index (κ2) is 7.43. The lowest BCUT2D eigenvalue weighted by Gasteiger charge is -2.14. The number of nitrogens with one attached hydrogen (secondary N) is 2. The molecule has 0 fully saturated rings. The summed E-state index contributed by atoms with van der Waals surface area (Å²) in [6.45, 7) is 4.62. The molecule has 0 saturated carbocycles. The maximum Gasteiger partial charge on any atom is 0.315 e. The normalized spacial score (nSPS) is 11.7. The van der Waals surface area contributed by atoms with Gasteiger partial charge >= 0.3 is 6.03 Å². The Hall–Kier alpha value is -2.36. The minimum atomic E-state index is -0.165. The van der Waals surface area contributed by atoms with E-state index in [1.54, 1.807) is 6.20 Å². The smallest absolute Gasteiger partial charge is 0.315 e. The molecule has 1 atom stereocenters. The second-order valence-corrected chi connectivity index (χ2v) is 5.05. The Morgan fingerprint density at radius 1 is 1.19 bits per heavy atom. The number of amides is 2. The highest BCUT2D eigenvalue weighted by atomic mass is 16.2. The van der Waals surface area contributed by atoms with Gasteiger partial charge in [-0.2, -0.15) is 0 Å². The van der Waals surface area contributed by atoms with Crippen molar-refractivity contribution in [3.8, 4) is 0 Å². The first kappa shape index (κ1) is 15.0. The molecule has 2 amide bonds. The predicted octanol–water partition coefficient (Wildman–Crippen LogP) is 2.99. The zero-order chi connectivity index (χ0) is 15.1. The molecule has 0 saturated heterocycles. The van der Waals surface area contributed by atoms with Gasteiger partial charge in [-0.05, 0) is 43.5 Å². The van der Waals surface area contributed by atoms with Crippen molar-refractivity contribution in [3.63, 3.8) is 0 Å². The lowest BCUT2D eigenvalue weighted by molar-refractivity contribution is 0.238. The number of hydrogen-bond acceptors (Lipinski definition) is 2. The second-order valence-electron chi connectivity index (χ2n) is 5.05. The van der Waals surface area contributed by atoms with Crippen molar-refractivity contribution in [3.05, 3.63) is 65.5 Å².